The lowest BCUT2D eigenvalue weighted by atomic mass is 9.70. The Bertz CT molecular complexity index is 327. The third kappa shape index (κ3) is 3.31. The van der Waals surface area contributed by atoms with E-state index < -0.39 is 5.41 Å². The number of ketones is 1. The van der Waals surface area contributed by atoms with Gasteiger partial charge in [-0.15, -0.1) is 0 Å². The van der Waals surface area contributed by atoms with E-state index in [1.54, 1.807) is 13.1 Å². The molecule has 0 heterocycles. The van der Waals surface area contributed by atoms with Gasteiger partial charge in [0.25, 0.3) is 0 Å². The van der Waals surface area contributed by atoms with Crippen LogP contribution in [0.2, 0.25) is 0 Å². The van der Waals surface area contributed by atoms with Crippen LogP contribution < -0.4 is 0 Å². The number of hydrogen-bond donors (Lipinski definition) is 0. The van der Waals surface area contributed by atoms with Gasteiger partial charge >= 0.3 is 5.97 Å². The number of ether oxygens (including phenoxy) is 1. The number of esters is 1. The van der Waals surface area contributed by atoms with Crippen molar-refractivity contribution < 1.29 is 19.2 Å². The Kier molecular flexibility index (Phi) is 5.82. The molecule has 0 bridgehead atoms. The molecule has 1 unspecified atom stereocenters. The van der Waals surface area contributed by atoms with Gasteiger partial charge in [-0.3, -0.25) is 9.59 Å². The SMILES string of the molecule is CCOC(=O)C1(CC/C=N\OC)CCCCC1=O. The smallest absolute Gasteiger partial charge is 0.319 e. The van der Waals surface area contributed by atoms with E-state index in [0.29, 0.717) is 32.3 Å². The van der Waals surface area contributed by atoms with Gasteiger partial charge in [0.1, 0.15) is 18.3 Å². The summed E-state index contributed by atoms with van der Waals surface area (Å²) in [5, 5.41) is 3.63. The van der Waals surface area contributed by atoms with Crippen LogP contribution in [0.1, 0.15) is 45.4 Å². The summed E-state index contributed by atoms with van der Waals surface area (Å²) < 4.78 is 5.08. The minimum Gasteiger partial charge on any atom is -0.465 e. The van der Waals surface area contributed by atoms with Gasteiger partial charge in [0.2, 0.25) is 0 Å². The summed E-state index contributed by atoms with van der Waals surface area (Å²) in [5.74, 6) is -0.362. The molecule has 0 aromatic heterocycles. The van der Waals surface area contributed by atoms with Gasteiger partial charge in [-0.2, -0.15) is 0 Å². The van der Waals surface area contributed by atoms with E-state index in [1.807, 2.05) is 0 Å². The molecule has 1 aliphatic rings. The summed E-state index contributed by atoms with van der Waals surface area (Å²) in [6.45, 7) is 2.06. The highest BCUT2D eigenvalue weighted by Crippen LogP contribution is 2.38. The van der Waals surface area contributed by atoms with Crippen LogP contribution in [0.3, 0.4) is 0 Å². The second kappa shape index (κ2) is 7.13. The van der Waals surface area contributed by atoms with Gasteiger partial charge in [0.15, 0.2) is 0 Å². The molecule has 5 heteroatoms. The Morgan fingerprint density at radius 1 is 1.50 bits per heavy atom. The topological polar surface area (TPSA) is 65.0 Å². The average Bonchev–Trinajstić information content (AvgIpc) is 2.37. The Morgan fingerprint density at radius 3 is 2.89 bits per heavy atom. The monoisotopic (exact) mass is 255 g/mol. The third-order valence-electron chi connectivity index (χ3n) is 3.34. The van der Waals surface area contributed by atoms with Crippen molar-refractivity contribution in [3.05, 3.63) is 0 Å². The molecule has 0 aromatic rings. The quantitative estimate of drug-likeness (QED) is 0.315. The van der Waals surface area contributed by atoms with Crippen LogP contribution in [0.4, 0.5) is 0 Å². The molecule has 1 saturated carbocycles. The van der Waals surface area contributed by atoms with Crippen LogP contribution in [0.15, 0.2) is 5.16 Å². The first-order valence-electron chi connectivity index (χ1n) is 6.43. The van der Waals surface area contributed by atoms with Crippen LogP contribution in [-0.2, 0) is 19.2 Å². The maximum absolute atomic E-state index is 12.1. The van der Waals surface area contributed by atoms with Crippen molar-refractivity contribution >= 4 is 18.0 Å². The van der Waals surface area contributed by atoms with Gasteiger partial charge in [0, 0.05) is 12.6 Å². The summed E-state index contributed by atoms with van der Waals surface area (Å²) in [5.41, 5.74) is -0.950. The predicted molar refractivity (Wildman–Crippen MR) is 67.3 cm³/mol. The molecule has 0 amide bonds. The molecule has 102 valence electrons. The number of carbonyl (C=O) groups is 2. The number of Topliss-reactive ketones (excluding diaryl/α,β-unsaturated/α-hetero) is 1. The molecule has 0 aromatic carbocycles. The zero-order valence-corrected chi connectivity index (χ0v) is 11.1. The van der Waals surface area contributed by atoms with E-state index in [1.165, 1.54) is 7.11 Å². The van der Waals surface area contributed by atoms with Crippen LogP contribution >= 0.6 is 0 Å². The van der Waals surface area contributed by atoms with Crippen molar-refractivity contribution in [2.24, 2.45) is 10.6 Å². The minimum absolute atomic E-state index is 0.0121. The molecule has 0 radical (unpaired) electrons. The van der Waals surface area contributed by atoms with Gasteiger partial charge in [0.05, 0.1) is 6.61 Å². The molecule has 0 saturated heterocycles. The molecule has 18 heavy (non-hydrogen) atoms. The number of oxime groups is 1. The van der Waals surface area contributed by atoms with Crippen molar-refractivity contribution in [2.45, 2.75) is 45.4 Å². The highest BCUT2D eigenvalue weighted by molar-refractivity contribution is 6.04. The first-order chi connectivity index (χ1) is 8.67. The molecule has 1 atom stereocenters. The summed E-state index contributed by atoms with van der Waals surface area (Å²) in [7, 11) is 1.46. The van der Waals surface area contributed by atoms with Gasteiger partial charge in [-0.25, -0.2) is 0 Å². The van der Waals surface area contributed by atoms with Gasteiger partial charge in [-0.05, 0) is 32.6 Å². The van der Waals surface area contributed by atoms with Crippen molar-refractivity contribution in [1.29, 1.82) is 0 Å². The third-order valence-corrected chi connectivity index (χ3v) is 3.34. The normalized spacial score (nSPS) is 24.2. The lowest BCUT2D eigenvalue weighted by Crippen LogP contribution is -2.43. The maximum Gasteiger partial charge on any atom is 0.319 e. The lowest BCUT2D eigenvalue weighted by Gasteiger charge is -2.32. The van der Waals surface area contributed by atoms with Crippen molar-refractivity contribution in [3.8, 4) is 0 Å². The van der Waals surface area contributed by atoms with Crippen molar-refractivity contribution in [3.63, 3.8) is 0 Å². The molecule has 5 nitrogen and oxygen atoms in total. The molecule has 1 aliphatic carbocycles. The van der Waals surface area contributed by atoms with Gasteiger partial charge in [-0.1, -0.05) is 11.6 Å². The number of nitrogens with zero attached hydrogens (tertiary/aromatic N) is 1. The van der Waals surface area contributed by atoms with Crippen molar-refractivity contribution in [2.75, 3.05) is 13.7 Å². The van der Waals surface area contributed by atoms with E-state index in [0.717, 1.165) is 12.8 Å². The second-order valence-electron chi connectivity index (χ2n) is 4.44. The summed E-state index contributed by atoms with van der Waals surface area (Å²) in [4.78, 5) is 28.8. The Morgan fingerprint density at radius 2 is 2.28 bits per heavy atom. The molecule has 0 spiro atoms. The number of carbonyl (C=O) groups excluding carboxylic acids is 2. The van der Waals surface area contributed by atoms with Crippen LogP contribution in [0.25, 0.3) is 0 Å². The van der Waals surface area contributed by atoms with Crippen LogP contribution in [0.5, 0.6) is 0 Å². The molecule has 1 fully saturated rings. The number of hydrogen-bond acceptors (Lipinski definition) is 5. The largest absolute Gasteiger partial charge is 0.465 e. The van der Waals surface area contributed by atoms with Crippen molar-refractivity contribution in [1.82, 2.24) is 0 Å². The van der Waals surface area contributed by atoms with E-state index in [2.05, 4.69) is 9.99 Å². The van der Waals surface area contributed by atoms with E-state index in [9.17, 15) is 9.59 Å². The first kappa shape index (κ1) is 14.7. The molecular weight excluding hydrogens is 234 g/mol. The zero-order chi connectivity index (χ0) is 13.4. The summed E-state index contributed by atoms with van der Waals surface area (Å²) >= 11 is 0. The Balaban J connectivity index is 2.76. The lowest BCUT2D eigenvalue weighted by molar-refractivity contribution is -0.162. The number of rotatable bonds is 6. The predicted octanol–water partition coefficient (Wildman–Crippen LogP) is 2.09. The Hall–Kier alpha value is -1.39. The Labute approximate surface area is 108 Å². The fourth-order valence-corrected chi connectivity index (χ4v) is 2.38. The van der Waals surface area contributed by atoms with Gasteiger partial charge < -0.3 is 9.57 Å². The molecule has 0 N–H and O–H groups in total. The summed E-state index contributed by atoms with van der Waals surface area (Å²) in [6.07, 6.45) is 5.41. The summed E-state index contributed by atoms with van der Waals surface area (Å²) in [6, 6.07) is 0. The van der Waals surface area contributed by atoms with E-state index >= 15 is 0 Å². The highest BCUT2D eigenvalue weighted by Gasteiger charge is 2.47. The van der Waals surface area contributed by atoms with E-state index in [-0.39, 0.29) is 11.8 Å². The molecule has 0 aliphatic heterocycles. The van der Waals surface area contributed by atoms with E-state index in [4.69, 9.17) is 4.74 Å². The standard InChI is InChI=1S/C13H21NO4/c1-3-18-12(16)13(9-6-10-14-17-2)8-5-4-7-11(13)15/h10H,3-9H2,1-2H3/b14-10-. The molecule has 1 rings (SSSR count). The minimum atomic E-state index is -0.950. The van der Waals surface area contributed by atoms with Crippen LogP contribution in [0, 0.1) is 5.41 Å². The zero-order valence-electron chi connectivity index (χ0n) is 11.1. The second-order valence-corrected chi connectivity index (χ2v) is 4.44. The fourth-order valence-electron chi connectivity index (χ4n) is 2.38. The maximum atomic E-state index is 12.1. The van der Waals surface area contributed by atoms with Crippen LogP contribution in [-0.4, -0.2) is 31.7 Å². The average molecular weight is 255 g/mol. The first-order valence-corrected chi connectivity index (χ1v) is 6.43. The fraction of sp³-hybridized carbons (Fsp3) is 0.769. The highest BCUT2D eigenvalue weighted by atomic mass is 16.6. The molecular formula is C13H21NO4.